The van der Waals surface area contributed by atoms with Crippen molar-refractivity contribution in [3.05, 3.63) is 210 Å². The molecule has 0 amide bonds. The minimum Gasteiger partial charge on any atom is -0.508 e. The van der Waals surface area contributed by atoms with Crippen molar-refractivity contribution in [2.24, 2.45) is 0 Å². The number of aromatic hydroxyl groups is 3. The lowest BCUT2D eigenvalue weighted by molar-refractivity contribution is -0.385. The number of nitro benzene ring substituents is 3. The molecule has 0 fully saturated rings. The maximum absolute atomic E-state index is 11.0. The monoisotopic (exact) mass is 823 g/mol. The lowest BCUT2D eigenvalue weighted by Gasteiger charge is -2.13. The number of aryl methyl sites for hydroxylation is 4. The van der Waals surface area contributed by atoms with Crippen LogP contribution in [0.15, 0.2) is 158 Å². The van der Waals surface area contributed by atoms with Crippen LogP contribution in [0.4, 0.5) is 17.1 Å². The average molecular weight is 824 g/mol. The minimum absolute atomic E-state index is 0.0174. The van der Waals surface area contributed by atoms with Crippen LogP contribution in [-0.4, -0.2) is 30.1 Å². The molecule has 0 saturated heterocycles. The van der Waals surface area contributed by atoms with E-state index in [1.54, 1.807) is 30.3 Å². The highest BCUT2D eigenvalue weighted by Crippen LogP contribution is 2.33. The molecule has 3 N–H and O–H groups in total. The van der Waals surface area contributed by atoms with Gasteiger partial charge in [-0.05, 0) is 133 Å². The number of hydrogen-bond donors (Lipinski definition) is 3. The predicted octanol–water partition coefficient (Wildman–Crippen LogP) is 11.2. The lowest BCUT2D eigenvalue weighted by atomic mass is 10.0. The number of rotatable bonds is 15. The largest absolute Gasteiger partial charge is 0.508 e. The van der Waals surface area contributed by atoms with E-state index in [1.807, 2.05) is 48.5 Å². The molecule has 0 bridgehead atoms. The first-order valence-electron chi connectivity index (χ1n) is 18.6. The van der Waals surface area contributed by atoms with Gasteiger partial charge >= 0.3 is 0 Å². The predicted molar refractivity (Wildman–Crippen MR) is 225 cm³/mol. The molecule has 308 valence electrons. The zero-order valence-electron chi connectivity index (χ0n) is 32.2. The summed E-state index contributed by atoms with van der Waals surface area (Å²) in [7, 11) is 0. The van der Waals surface area contributed by atoms with Gasteiger partial charge in [-0.1, -0.05) is 24.3 Å². The van der Waals surface area contributed by atoms with E-state index < -0.39 is 14.8 Å². The van der Waals surface area contributed by atoms with Crippen molar-refractivity contribution >= 4 is 17.1 Å². The number of nitro groups is 3. The Morgan fingerprint density at radius 2 is 0.623 bits per heavy atom. The molecule has 7 aromatic carbocycles. The van der Waals surface area contributed by atoms with Gasteiger partial charge in [0.2, 0.25) is 0 Å². The molecule has 0 saturated carbocycles. The van der Waals surface area contributed by atoms with E-state index in [0.717, 1.165) is 35.1 Å². The fourth-order valence-corrected chi connectivity index (χ4v) is 5.97. The second-order valence-electron chi connectivity index (χ2n) is 13.5. The highest BCUT2D eigenvalue weighted by Gasteiger charge is 2.11. The van der Waals surface area contributed by atoms with E-state index in [-0.39, 0.29) is 34.3 Å². The molecule has 15 heteroatoms. The summed E-state index contributed by atoms with van der Waals surface area (Å²) in [6.45, 7) is 0. The highest BCUT2D eigenvalue weighted by molar-refractivity contribution is 5.46. The quantitative estimate of drug-likeness (QED) is 0.0650. The van der Waals surface area contributed by atoms with E-state index in [1.165, 1.54) is 78.9 Å². The molecule has 7 rings (SSSR count). The standard InChI is InChI=1S/C32H23N3O9.C14H14O3/c36-33(37)24-5-13-28(14-6-24)42-27-11-3-22(4-12-27)1-2-23-19-31(43-29-15-7-25(8-16-29)34(38)39)21-32(20-23)44-30-17-9-26(10-18-30)35(40)41;15-12-5-3-10(4-6-12)1-2-11-7-13(16)9-14(17)8-11/h3-21H,1-2H2;3-9,15-17H,1-2H2. The van der Waals surface area contributed by atoms with Crippen molar-refractivity contribution in [1.29, 1.82) is 0 Å². The Morgan fingerprint density at radius 1 is 0.328 bits per heavy atom. The maximum Gasteiger partial charge on any atom is 0.269 e. The van der Waals surface area contributed by atoms with Crippen molar-refractivity contribution in [3.63, 3.8) is 0 Å². The van der Waals surface area contributed by atoms with Crippen molar-refractivity contribution in [1.82, 2.24) is 0 Å². The van der Waals surface area contributed by atoms with E-state index >= 15 is 0 Å². The minimum atomic E-state index is -0.491. The number of hydrogen-bond acceptors (Lipinski definition) is 12. The molecule has 0 aliphatic heterocycles. The van der Waals surface area contributed by atoms with Gasteiger partial charge in [-0.25, -0.2) is 0 Å². The first-order valence-corrected chi connectivity index (χ1v) is 18.6. The molecule has 0 spiro atoms. The topological polar surface area (TPSA) is 218 Å². The molecular formula is C46H37N3O12. The molecule has 0 unspecified atom stereocenters. The van der Waals surface area contributed by atoms with Crippen LogP contribution in [0.5, 0.6) is 51.7 Å². The van der Waals surface area contributed by atoms with Crippen molar-refractivity contribution in [2.45, 2.75) is 25.7 Å². The summed E-state index contributed by atoms with van der Waals surface area (Å²) >= 11 is 0. The van der Waals surface area contributed by atoms with Crippen LogP contribution in [0.25, 0.3) is 0 Å². The van der Waals surface area contributed by atoms with Crippen LogP contribution in [0.3, 0.4) is 0 Å². The Morgan fingerprint density at radius 3 is 0.984 bits per heavy atom. The van der Waals surface area contributed by atoms with Gasteiger partial charge in [0.05, 0.1) is 14.8 Å². The molecular weight excluding hydrogens is 787 g/mol. The Kier molecular flexibility index (Phi) is 13.7. The van der Waals surface area contributed by atoms with E-state index in [2.05, 4.69) is 0 Å². The number of non-ortho nitro benzene ring substituents is 3. The summed E-state index contributed by atoms with van der Waals surface area (Å²) in [5.41, 5.74) is 3.76. The van der Waals surface area contributed by atoms with Crippen molar-refractivity contribution in [3.8, 4) is 51.7 Å². The van der Waals surface area contributed by atoms with Crippen LogP contribution in [0, 0.1) is 30.3 Å². The van der Waals surface area contributed by atoms with Crippen LogP contribution in [0.1, 0.15) is 22.3 Å². The summed E-state index contributed by atoms with van der Waals surface area (Å²) in [5, 5.41) is 60.7. The third-order valence-corrected chi connectivity index (χ3v) is 9.02. The molecule has 0 aliphatic rings. The third-order valence-electron chi connectivity index (χ3n) is 9.02. The number of benzene rings is 7. The first-order chi connectivity index (χ1) is 29.3. The average Bonchev–Trinajstić information content (AvgIpc) is 3.24. The number of phenols is 3. The Balaban J connectivity index is 0.000000305. The van der Waals surface area contributed by atoms with E-state index in [0.29, 0.717) is 47.3 Å². The summed E-state index contributed by atoms with van der Waals surface area (Å²) in [6, 6.07) is 41.7. The van der Waals surface area contributed by atoms with E-state index in [4.69, 9.17) is 19.3 Å². The summed E-state index contributed by atoms with van der Waals surface area (Å²) in [5.74, 6) is 3.16. The van der Waals surface area contributed by atoms with Gasteiger partial charge in [0.1, 0.15) is 51.7 Å². The third kappa shape index (κ3) is 12.8. The Hall–Kier alpha value is -8.46. The fraction of sp³-hybridized carbons (Fsp3) is 0.0870. The van der Waals surface area contributed by atoms with Gasteiger partial charge < -0.3 is 29.5 Å². The van der Waals surface area contributed by atoms with Crippen LogP contribution < -0.4 is 14.2 Å². The van der Waals surface area contributed by atoms with Crippen molar-refractivity contribution in [2.75, 3.05) is 0 Å². The van der Waals surface area contributed by atoms with Crippen molar-refractivity contribution < 1.29 is 44.3 Å². The van der Waals surface area contributed by atoms with Gasteiger partial charge in [0.25, 0.3) is 17.1 Å². The zero-order chi connectivity index (χ0) is 43.3. The number of nitrogens with zero attached hydrogens (tertiary/aromatic N) is 3. The molecule has 61 heavy (non-hydrogen) atoms. The summed E-state index contributed by atoms with van der Waals surface area (Å²) in [6.07, 6.45) is 2.79. The first kappa shape index (κ1) is 42.2. The van der Waals surface area contributed by atoms with Gasteiger partial charge in [-0.2, -0.15) is 0 Å². The van der Waals surface area contributed by atoms with E-state index in [9.17, 15) is 40.6 Å². The summed E-state index contributed by atoms with van der Waals surface area (Å²) < 4.78 is 17.7. The zero-order valence-corrected chi connectivity index (χ0v) is 32.2. The normalized spacial score (nSPS) is 10.5. The molecule has 0 radical (unpaired) electrons. The Bertz CT molecular complexity index is 2500. The van der Waals surface area contributed by atoms with Gasteiger partial charge in [0.15, 0.2) is 0 Å². The highest BCUT2D eigenvalue weighted by atomic mass is 16.6. The van der Waals surface area contributed by atoms with Gasteiger partial charge in [-0.15, -0.1) is 0 Å². The maximum atomic E-state index is 11.0. The fourth-order valence-electron chi connectivity index (χ4n) is 5.97. The van der Waals surface area contributed by atoms with Gasteiger partial charge in [-0.3, -0.25) is 30.3 Å². The summed E-state index contributed by atoms with van der Waals surface area (Å²) in [4.78, 5) is 31.4. The van der Waals surface area contributed by atoms with Gasteiger partial charge in [0, 0.05) is 48.5 Å². The molecule has 0 atom stereocenters. The molecule has 0 aromatic heterocycles. The second kappa shape index (κ2) is 19.8. The lowest BCUT2D eigenvalue weighted by Crippen LogP contribution is -1.95. The SMILES string of the molecule is O=[N+]([O-])c1ccc(Oc2ccc(CCc3cc(Oc4ccc([N+](=O)[O-])cc4)cc(Oc4ccc([N+](=O)[O-])cc4)c3)cc2)cc1.Oc1ccc(CCc2cc(O)cc(O)c2)cc1. The second-order valence-corrected chi connectivity index (χ2v) is 13.5. The van der Waals surface area contributed by atoms with Crippen LogP contribution >= 0.6 is 0 Å². The number of phenolic OH excluding ortho intramolecular Hbond substituents is 3. The molecule has 15 nitrogen and oxygen atoms in total. The number of ether oxygens (including phenoxy) is 3. The van der Waals surface area contributed by atoms with Crippen LogP contribution in [0.2, 0.25) is 0 Å². The molecule has 7 aromatic rings. The molecule has 0 aliphatic carbocycles. The molecule has 0 heterocycles. The smallest absolute Gasteiger partial charge is 0.269 e. The van der Waals surface area contributed by atoms with Crippen LogP contribution in [-0.2, 0) is 25.7 Å². The Labute approximate surface area is 348 Å².